The van der Waals surface area contributed by atoms with Gasteiger partial charge in [0.1, 0.15) is 11.5 Å². The van der Waals surface area contributed by atoms with Gasteiger partial charge < -0.3 is 16.0 Å². The Labute approximate surface area is 220 Å². The van der Waals surface area contributed by atoms with E-state index in [2.05, 4.69) is 36.4 Å². The highest BCUT2D eigenvalue weighted by Crippen LogP contribution is 2.33. The van der Waals surface area contributed by atoms with Crippen molar-refractivity contribution in [3.05, 3.63) is 95.8 Å². The van der Waals surface area contributed by atoms with Crippen molar-refractivity contribution in [3.8, 4) is 16.8 Å². The van der Waals surface area contributed by atoms with Crippen LogP contribution in [-0.2, 0) is 5.41 Å². The van der Waals surface area contributed by atoms with Gasteiger partial charge in [-0.1, -0.05) is 68.8 Å². The SMILES string of the molecule is Cc1ccc(-n2nc(C(C)(C)C)cc2NC(=O)Nc2ccc(-c3c(C(N)=O)[nH]c4ccccc34)cc2)cc1. The van der Waals surface area contributed by atoms with Crippen LogP contribution < -0.4 is 16.4 Å². The van der Waals surface area contributed by atoms with Crippen molar-refractivity contribution >= 4 is 34.3 Å². The average Bonchev–Trinajstić information content (AvgIpc) is 3.47. The number of aromatic amines is 1. The lowest BCUT2D eigenvalue weighted by Gasteiger charge is -2.14. The normalized spacial score (nSPS) is 11.5. The fourth-order valence-corrected chi connectivity index (χ4v) is 4.34. The van der Waals surface area contributed by atoms with Crippen LogP contribution in [0.15, 0.2) is 78.9 Å². The van der Waals surface area contributed by atoms with E-state index in [1.165, 1.54) is 0 Å². The number of carbonyl (C=O) groups is 2. The molecule has 0 aliphatic heterocycles. The Balaban J connectivity index is 1.39. The minimum absolute atomic E-state index is 0.190. The van der Waals surface area contributed by atoms with Gasteiger partial charge >= 0.3 is 6.03 Å². The van der Waals surface area contributed by atoms with E-state index in [0.29, 0.717) is 17.2 Å². The highest BCUT2D eigenvalue weighted by Gasteiger charge is 2.22. The van der Waals surface area contributed by atoms with E-state index in [1.54, 1.807) is 16.8 Å². The second-order valence-electron chi connectivity index (χ2n) is 10.4. The van der Waals surface area contributed by atoms with E-state index in [4.69, 9.17) is 10.8 Å². The van der Waals surface area contributed by atoms with E-state index in [1.807, 2.05) is 73.7 Å². The van der Waals surface area contributed by atoms with Crippen molar-refractivity contribution in [1.82, 2.24) is 14.8 Å². The van der Waals surface area contributed by atoms with Crippen LogP contribution in [0.25, 0.3) is 27.7 Å². The fourth-order valence-electron chi connectivity index (χ4n) is 4.34. The molecule has 5 rings (SSSR count). The molecule has 0 saturated carbocycles. The van der Waals surface area contributed by atoms with Crippen molar-refractivity contribution in [1.29, 1.82) is 0 Å². The quantitative estimate of drug-likeness (QED) is 0.222. The van der Waals surface area contributed by atoms with Gasteiger partial charge in [-0.2, -0.15) is 5.10 Å². The van der Waals surface area contributed by atoms with E-state index in [0.717, 1.165) is 39.0 Å². The van der Waals surface area contributed by atoms with Gasteiger partial charge in [-0.3, -0.25) is 10.1 Å². The smallest absolute Gasteiger partial charge is 0.324 e. The summed E-state index contributed by atoms with van der Waals surface area (Å²) in [7, 11) is 0. The van der Waals surface area contributed by atoms with Crippen molar-refractivity contribution in [2.24, 2.45) is 5.73 Å². The van der Waals surface area contributed by atoms with Crippen LogP contribution in [0.1, 0.15) is 42.5 Å². The number of anilines is 2. The Hall–Kier alpha value is -4.85. The first-order chi connectivity index (χ1) is 18.1. The van der Waals surface area contributed by atoms with E-state index >= 15 is 0 Å². The second kappa shape index (κ2) is 9.55. The van der Waals surface area contributed by atoms with Crippen LogP contribution in [0.5, 0.6) is 0 Å². The maximum absolute atomic E-state index is 13.0. The molecule has 2 heterocycles. The molecule has 2 aromatic heterocycles. The molecule has 0 spiro atoms. The molecule has 0 fully saturated rings. The maximum atomic E-state index is 13.0. The summed E-state index contributed by atoms with van der Waals surface area (Å²) in [6.45, 7) is 8.27. The average molecular weight is 507 g/mol. The lowest BCUT2D eigenvalue weighted by atomic mass is 9.92. The Kier molecular flexibility index (Phi) is 6.24. The molecule has 0 radical (unpaired) electrons. The van der Waals surface area contributed by atoms with Crippen LogP contribution in [0.3, 0.4) is 0 Å². The van der Waals surface area contributed by atoms with Crippen molar-refractivity contribution in [2.45, 2.75) is 33.1 Å². The van der Waals surface area contributed by atoms with Gasteiger partial charge in [0.2, 0.25) is 0 Å². The Morgan fingerprint density at radius 2 is 1.61 bits per heavy atom. The summed E-state index contributed by atoms with van der Waals surface area (Å²) in [5.41, 5.74) is 11.6. The third kappa shape index (κ3) is 4.88. The first kappa shape index (κ1) is 24.8. The summed E-state index contributed by atoms with van der Waals surface area (Å²) in [5.74, 6) is 0.0374. The van der Waals surface area contributed by atoms with Gasteiger partial charge in [0.25, 0.3) is 5.91 Å². The number of fused-ring (bicyclic) bond motifs is 1. The van der Waals surface area contributed by atoms with Crippen LogP contribution in [0, 0.1) is 6.92 Å². The van der Waals surface area contributed by atoms with Gasteiger partial charge in [0.15, 0.2) is 0 Å². The molecule has 0 unspecified atom stereocenters. The molecule has 3 amide bonds. The number of hydrogen-bond donors (Lipinski definition) is 4. The third-order valence-corrected chi connectivity index (χ3v) is 6.38. The van der Waals surface area contributed by atoms with Crippen molar-refractivity contribution < 1.29 is 9.59 Å². The lowest BCUT2D eigenvalue weighted by Crippen LogP contribution is -2.21. The van der Waals surface area contributed by atoms with E-state index < -0.39 is 11.9 Å². The molecular formula is C30H30N6O2. The first-order valence-electron chi connectivity index (χ1n) is 12.4. The number of para-hydroxylation sites is 1. The van der Waals surface area contributed by atoms with Gasteiger partial charge in [-0.25, -0.2) is 9.48 Å². The van der Waals surface area contributed by atoms with Gasteiger partial charge in [-0.15, -0.1) is 0 Å². The van der Waals surface area contributed by atoms with Crippen LogP contribution in [0.4, 0.5) is 16.3 Å². The molecule has 0 aliphatic rings. The predicted octanol–water partition coefficient (Wildman–Crippen LogP) is 6.37. The molecule has 5 aromatic rings. The molecule has 0 saturated heterocycles. The molecule has 192 valence electrons. The number of aryl methyl sites for hydroxylation is 1. The number of amides is 3. The summed E-state index contributed by atoms with van der Waals surface area (Å²) in [4.78, 5) is 28.2. The van der Waals surface area contributed by atoms with Crippen molar-refractivity contribution in [3.63, 3.8) is 0 Å². The molecule has 38 heavy (non-hydrogen) atoms. The monoisotopic (exact) mass is 506 g/mol. The Morgan fingerprint density at radius 3 is 2.26 bits per heavy atom. The Bertz CT molecular complexity index is 1640. The van der Waals surface area contributed by atoms with E-state index in [-0.39, 0.29) is 5.41 Å². The van der Waals surface area contributed by atoms with Crippen LogP contribution in [0.2, 0.25) is 0 Å². The maximum Gasteiger partial charge on any atom is 0.324 e. The highest BCUT2D eigenvalue weighted by atomic mass is 16.2. The molecule has 8 nitrogen and oxygen atoms in total. The van der Waals surface area contributed by atoms with E-state index in [9.17, 15) is 9.59 Å². The Morgan fingerprint density at radius 1 is 0.921 bits per heavy atom. The van der Waals surface area contributed by atoms with Gasteiger partial charge in [0, 0.05) is 33.6 Å². The predicted molar refractivity (Wildman–Crippen MR) is 152 cm³/mol. The molecule has 0 bridgehead atoms. The minimum Gasteiger partial charge on any atom is -0.364 e. The zero-order valence-corrected chi connectivity index (χ0v) is 21.8. The molecule has 0 aliphatic carbocycles. The summed E-state index contributed by atoms with van der Waals surface area (Å²) in [6, 6.07) is 24.4. The highest BCUT2D eigenvalue weighted by molar-refractivity contribution is 6.09. The number of nitrogens with two attached hydrogens (primary N) is 1. The standard InChI is InChI=1S/C30H30N6O2/c1-18-9-15-21(16-10-18)36-25(17-24(35-36)30(2,3)4)34-29(38)32-20-13-11-19(12-14-20)26-22-7-5-6-8-23(22)33-27(26)28(31)37/h5-17,33H,1-4H3,(H2,31,37)(H2,32,34,38). The number of carbonyl (C=O) groups excluding carboxylic acids is 2. The number of primary amides is 1. The zero-order valence-electron chi connectivity index (χ0n) is 21.8. The van der Waals surface area contributed by atoms with Crippen molar-refractivity contribution in [2.75, 3.05) is 10.6 Å². The largest absolute Gasteiger partial charge is 0.364 e. The number of rotatable bonds is 5. The number of urea groups is 1. The van der Waals surface area contributed by atoms with Crippen LogP contribution >= 0.6 is 0 Å². The van der Waals surface area contributed by atoms with Crippen LogP contribution in [-0.4, -0.2) is 26.7 Å². The minimum atomic E-state index is -0.530. The molecule has 3 aromatic carbocycles. The number of nitrogens with zero attached hydrogens (tertiary/aromatic N) is 2. The third-order valence-electron chi connectivity index (χ3n) is 6.38. The molecule has 0 atom stereocenters. The van der Waals surface area contributed by atoms with Gasteiger partial charge in [-0.05, 0) is 42.8 Å². The number of nitrogens with one attached hydrogen (secondary N) is 3. The zero-order chi connectivity index (χ0) is 27.0. The number of H-pyrrole nitrogens is 1. The summed E-state index contributed by atoms with van der Waals surface area (Å²) in [6.07, 6.45) is 0. The molecule has 8 heteroatoms. The number of hydrogen-bond acceptors (Lipinski definition) is 3. The summed E-state index contributed by atoms with van der Waals surface area (Å²) < 4.78 is 1.74. The molecule has 5 N–H and O–H groups in total. The van der Waals surface area contributed by atoms with Gasteiger partial charge in [0.05, 0.1) is 11.4 Å². The second-order valence-corrected chi connectivity index (χ2v) is 10.4. The first-order valence-corrected chi connectivity index (χ1v) is 12.4. The molecular weight excluding hydrogens is 476 g/mol. The summed E-state index contributed by atoms with van der Waals surface area (Å²) in [5, 5.41) is 11.5. The number of benzene rings is 3. The fraction of sp³-hybridized carbons (Fsp3) is 0.167. The lowest BCUT2D eigenvalue weighted by molar-refractivity contribution is 0.0997. The number of aromatic nitrogens is 3. The topological polar surface area (TPSA) is 118 Å². The summed E-state index contributed by atoms with van der Waals surface area (Å²) >= 11 is 0.